The standard InChI is InChI=1S/C23H19F2N5O/c1-30-11-14(9-28-30)15-8-16(15)23(31)29-21-7-12-5-13(6-20(26)17(12)10-27-21)22-18(24)3-2-4-19(22)25/h2-7,9-11,15-16H,8,26H2,1H3,(H,27,29,31)/t15-,16+/m0/s1. The number of nitrogen functional groups attached to an aromatic ring is 1. The number of nitrogens with one attached hydrogen (secondary N) is 1. The van der Waals surface area contributed by atoms with Crippen molar-refractivity contribution in [2.45, 2.75) is 12.3 Å². The fraction of sp³-hybridized carbons (Fsp3) is 0.174. The molecule has 2 aromatic heterocycles. The third-order valence-electron chi connectivity index (χ3n) is 5.65. The van der Waals surface area contributed by atoms with Gasteiger partial charge in [0.15, 0.2) is 0 Å². The molecule has 0 unspecified atom stereocenters. The van der Waals surface area contributed by atoms with Crippen molar-refractivity contribution < 1.29 is 13.6 Å². The van der Waals surface area contributed by atoms with Crippen LogP contribution < -0.4 is 11.1 Å². The summed E-state index contributed by atoms with van der Waals surface area (Å²) in [4.78, 5) is 16.9. The Morgan fingerprint density at radius 2 is 1.97 bits per heavy atom. The highest BCUT2D eigenvalue weighted by atomic mass is 19.1. The smallest absolute Gasteiger partial charge is 0.229 e. The minimum absolute atomic E-state index is 0.120. The molecule has 2 heterocycles. The van der Waals surface area contributed by atoms with E-state index in [9.17, 15) is 13.6 Å². The fourth-order valence-electron chi connectivity index (χ4n) is 3.98. The lowest BCUT2D eigenvalue weighted by molar-refractivity contribution is -0.117. The predicted molar refractivity (Wildman–Crippen MR) is 114 cm³/mol. The molecule has 6 nitrogen and oxygen atoms in total. The highest BCUT2D eigenvalue weighted by Crippen LogP contribution is 2.47. The highest BCUT2D eigenvalue weighted by Gasteiger charge is 2.44. The van der Waals surface area contributed by atoms with E-state index in [0.29, 0.717) is 27.8 Å². The maximum absolute atomic E-state index is 14.2. The SMILES string of the molecule is Cn1cc([C@@H]2C[C@H]2C(=O)Nc2cc3cc(-c4c(F)cccc4F)cc(N)c3cn2)cn1. The van der Waals surface area contributed by atoms with E-state index in [1.807, 2.05) is 13.2 Å². The first-order valence-corrected chi connectivity index (χ1v) is 9.84. The number of benzene rings is 2. The second-order valence-electron chi connectivity index (χ2n) is 7.84. The summed E-state index contributed by atoms with van der Waals surface area (Å²) in [5.41, 5.74) is 7.67. The predicted octanol–water partition coefficient (Wildman–Crippen LogP) is 4.24. The molecule has 8 heteroatoms. The minimum Gasteiger partial charge on any atom is -0.398 e. The molecule has 0 radical (unpaired) electrons. The molecule has 3 N–H and O–H groups in total. The summed E-state index contributed by atoms with van der Waals surface area (Å²) in [5.74, 6) is -1.08. The van der Waals surface area contributed by atoms with E-state index in [4.69, 9.17) is 5.73 Å². The second-order valence-corrected chi connectivity index (χ2v) is 7.84. The quantitative estimate of drug-likeness (QED) is 0.485. The number of aryl methyl sites for hydroxylation is 1. The van der Waals surface area contributed by atoms with Gasteiger partial charge in [0.2, 0.25) is 5.91 Å². The molecule has 0 aliphatic heterocycles. The number of hydrogen-bond donors (Lipinski definition) is 2. The van der Waals surface area contributed by atoms with Crippen molar-refractivity contribution in [2.75, 3.05) is 11.1 Å². The molecule has 1 fully saturated rings. The number of fused-ring (bicyclic) bond motifs is 1. The van der Waals surface area contributed by atoms with Crippen molar-refractivity contribution >= 4 is 28.2 Å². The molecule has 1 aliphatic rings. The number of amides is 1. The maximum atomic E-state index is 14.2. The number of nitrogens with two attached hydrogens (primary N) is 1. The molecule has 2 aromatic carbocycles. The van der Waals surface area contributed by atoms with Gasteiger partial charge in [0.05, 0.1) is 11.8 Å². The zero-order chi connectivity index (χ0) is 21.7. The first-order valence-electron chi connectivity index (χ1n) is 9.84. The van der Waals surface area contributed by atoms with Crippen LogP contribution in [0.4, 0.5) is 20.3 Å². The summed E-state index contributed by atoms with van der Waals surface area (Å²) in [5, 5.41) is 8.25. The molecule has 0 saturated heterocycles. The molecule has 1 saturated carbocycles. The van der Waals surface area contributed by atoms with Crippen LogP contribution in [0.2, 0.25) is 0 Å². The molecule has 0 bridgehead atoms. The normalized spacial score (nSPS) is 17.6. The molecule has 1 amide bonds. The second kappa shape index (κ2) is 7.16. The third-order valence-corrected chi connectivity index (χ3v) is 5.65. The maximum Gasteiger partial charge on any atom is 0.229 e. The molecule has 0 spiro atoms. The van der Waals surface area contributed by atoms with Crippen LogP contribution in [0.3, 0.4) is 0 Å². The number of hydrogen-bond acceptors (Lipinski definition) is 4. The summed E-state index contributed by atoms with van der Waals surface area (Å²) in [7, 11) is 1.84. The van der Waals surface area contributed by atoms with Gasteiger partial charge in [0.25, 0.3) is 0 Å². The number of carbonyl (C=O) groups excluding carboxylic acids is 1. The van der Waals surface area contributed by atoms with Crippen LogP contribution in [-0.4, -0.2) is 20.7 Å². The van der Waals surface area contributed by atoms with E-state index < -0.39 is 11.6 Å². The van der Waals surface area contributed by atoms with Crippen LogP contribution in [0.15, 0.2) is 55.0 Å². The first kappa shape index (κ1) is 19.2. The van der Waals surface area contributed by atoms with Crippen molar-refractivity contribution in [1.82, 2.24) is 14.8 Å². The van der Waals surface area contributed by atoms with E-state index in [1.165, 1.54) is 24.3 Å². The van der Waals surface area contributed by atoms with Gasteiger partial charge >= 0.3 is 0 Å². The van der Waals surface area contributed by atoms with Gasteiger partial charge in [-0.15, -0.1) is 0 Å². The summed E-state index contributed by atoms with van der Waals surface area (Å²) in [6.07, 6.45) is 6.00. The Morgan fingerprint density at radius 3 is 2.68 bits per heavy atom. The van der Waals surface area contributed by atoms with Crippen molar-refractivity contribution in [3.8, 4) is 11.1 Å². The minimum atomic E-state index is -0.670. The number of carbonyl (C=O) groups is 1. The average Bonchev–Trinajstić information content (AvgIpc) is 3.41. The van der Waals surface area contributed by atoms with Gasteiger partial charge in [-0.1, -0.05) is 6.07 Å². The van der Waals surface area contributed by atoms with Gasteiger partial charge in [-0.25, -0.2) is 13.8 Å². The lowest BCUT2D eigenvalue weighted by Gasteiger charge is -2.11. The highest BCUT2D eigenvalue weighted by molar-refractivity contribution is 6.00. The van der Waals surface area contributed by atoms with Crippen molar-refractivity contribution in [1.29, 1.82) is 0 Å². The Morgan fingerprint density at radius 1 is 1.19 bits per heavy atom. The topological polar surface area (TPSA) is 85.8 Å². The van der Waals surface area contributed by atoms with Crippen LogP contribution in [0, 0.1) is 17.6 Å². The van der Waals surface area contributed by atoms with E-state index >= 15 is 0 Å². The lowest BCUT2D eigenvalue weighted by atomic mass is 10.00. The Kier molecular flexibility index (Phi) is 4.43. The Labute approximate surface area is 176 Å². The molecular formula is C23H19F2N5O. The molecular weight excluding hydrogens is 400 g/mol. The zero-order valence-electron chi connectivity index (χ0n) is 16.6. The number of anilines is 2. The van der Waals surface area contributed by atoms with Gasteiger partial charge < -0.3 is 11.1 Å². The monoisotopic (exact) mass is 419 g/mol. The summed E-state index contributed by atoms with van der Waals surface area (Å²) >= 11 is 0. The van der Waals surface area contributed by atoms with Crippen LogP contribution in [0.1, 0.15) is 17.9 Å². The number of pyridine rings is 1. The number of nitrogens with zero attached hydrogens (tertiary/aromatic N) is 3. The Hall–Kier alpha value is -3.81. The van der Waals surface area contributed by atoms with E-state index in [2.05, 4.69) is 15.4 Å². The summed E-state index contributed by atoms with van der Waals surface area (Å²) in [6, 6.07) is 8.53. The molecule has 2 atom stereocenters. The van der Waals surface area contributed by atoms with Crippen LogP contribution >= 0.6 is 0 Å². The number of halogens is 2. The average molecular weight is 419 g/mol. The summed E-state index contributed by atoms with van der Waals surface area (Å²) in [6.45, 7) is 0. The lowest BCUT2D eigenvalue weighted by Crippen LogP contribution is -2.15. The van der Waals surface area contributed by atoms with Gasteiger partial charge in [-0.2, -0.15) is 5.10 Å². The largest absolute Gasteiger partial charge is 0.398 e. The molecule has 1 aliphatic carbocycles. The first-order chi connectivity index (χ1) is 14.9. The van der Waals surface area contributed by atoms with Crippen molar-refractivity contribution in [3.63, 3.8) is 0 Å². The fourth-order valence-corrected chi connectivity index (χ4v) is 3.98. The zero-order valence-corrected chi connectivity index (χ0v) is 16.6. The number of rotatable bonds is 4. The van der Waals surface area contributed by atoms with Crippen molar-refractivity contribution in [3.05, 3.63) is 72.2 Å². The molecule has 5 rings (SSSR count). The van der Waals surface area contributed by atoms with Crippen LogP contribution in [0.5, 0.6) is 0 Å². The third kappa shape index (κ3) is 3.50. The summed E-state index contributed by atoms with van der Waals surface area (Å²) < 4.78 is 30.2. The Balaban J connectivity index is 1.42. The van der Waals surface area contributed by atoms with E-state index in [-0.39, 0.29) is 23.3 Å². The number of aromatic nitrogens is 3. The molecule has 156 valence electrons. The van der Waals surface area contributed by atoms with Crippen molar-refractivity contribution in [2.24, 2.45) is 13.0 Å². The van der Waals surface area contributed by atoms with Gasteiger partial charge in [-0.3, -0.25) is 9.48 Å². The van der Waals surface area contributed by atoms with E-state index in [0.717, 1.165) is 12.0 Å². The van der Waals surface area contributed by atoms with E-state index in [1.54, 1.807) is 29.2 Å². The van der Waals surface area contributed by atoms with Gasteiger partial charge in [0, 0.05) is 36.4 Å². The Bertz CT molecular complexity index is 1310. The van der Waals surface area contributed by atoms with Crippen LogP contribution in [-0.2, 0) is 11.8 Å². The molecule has 4 aromatic rings. The van der Waals surface area contributed by atoms with Gasteiger partial charge in [0.1, 0.15) is 17.5 Å². The van der Waals surface area contributed by atoms with Gasteiger partial charge in [-0.05, 0) is 59.2 Å². The van der Waals surface area contributed by atoms with Crippen LogP contribution in [0.25, 0.3) is 21.9 Å². The molecule has 31 heavy (non-hydrogen) atoms.